The highest BCUT2D eigenvalue weighted by atomic mass is 31.2. The second kappa shape index (κ2) is 61.6. The molecule has 0 bridgehead atoms. The van der Waals surface area contributed by atoms with E-state index in [2.05, 4.69) is 55.4 Å². The molecule has 540 valence electrons. The summed E-state index contributed by atoms with van der Waals surface area (Å²) in [7, 11) is -9.91. The standard InChI is InChI=1S/C72H140O17P2/c1-62(2)48-40-32-24-17-11-9-10-12-20-28-36-44-52-69(74)82-58-67(88-71(76)54-46-38-29-21-15-13-18-25-33-41-49-63(3)4)60-86-90(78,79)84-56-66(73)57-85-91(80,81)87-61-68(59-83-70(75)53-45-37-31-23-27-35-43-51-65(7)8)89-72(77)55-47-39-30-22-16-14-19-26-34-42-50-64(5)6/h62-68,73H,9-61H2,1-8H3,(H,78,79)(H,80,81)/t66?,67-,68-/m1/s1. The van der Waals surface area contributed by atoms with Crippen molar-refractivity contribution in [3.05, 3.63) is 0 Å². The van der Waals surface area contributed by atoms with Crippen LogP contribution < -0.4 is 0 Å². The van der Waals surface area contributed by atoms with E-state index in [1.165, 1.54) is 154 Å². The number of hydrogen-bond donors (Lipinski definition) is 3. The van der Waals surface area contributed by atoms with Gasteiger partial charge in [0, 0.05) is 25.7 Å². The Morgan fingerprint density at radius 3 is 0.681 bits per heavy atom. The van der Waals surface area contributed by atoms with E-state index in [1.807, 2.05) is 0 Å². The minimum Gasteiger partial charge on any atom is -0.462 e. The Bertz CT molecular complexity index is 1800. The van der Waals surface area contributed by atoms with E-state index in [-0.39, 0.29) is 25.7 Å². The van der Waals surface area contributed by atoms with Gasteiger partial charge in [-0.2, -0.15) is 0 Å². The topological polar surface area (TPSA) is 237 Å². The zero-order chi connectivity index (χ0) is 67.5. The molecule has 19 heteroatoms. The Hall–Kier alpha value is -1.94. The zero-order valence-electron chi connectivity index (χ0n) is 59.5. The van der Waals surface area contributed by atoms with Crippen LogP contribution in [0.2, 0.25) is 0 Å². The number of unbranched alkanes of at least 4 members (excludes halogenated alkanes) is 35. The molecular weight excluding hydrogens is 1200 g/mol. The average molecular weight is 1340 g/mol. The van der Waals surface area contributed by atoms with Crippen molar-refractivity contribution in [2.45, 2.75) is 375 Å². The first-order valence-corrected chi connectivity index (χ1v) is 40.2. The van der Waals surface area contributed by atoms with Gasteiger partial charge in [0.1, 0.15) is 19.3 Å². The first-order valence-electron chi connectivity index (χ1n) is 37.2. The van der Waals surface area contributed by atoms with Crippen LogP contribution in [0.3, 0.4) is 0 Å². The second-order valence-electron chi connectivity index (χ2n) is 27.9. The van der Waals surface area contributed by atoms with Crippen LogP contribution in [0.25, 0.3) is 0 Å². The van der Waals surface area contributed by atoms with Gasteiger partial charge in [-0.05, 0) is 49.4 Å². The first-order chi connectivity index (χ1) is 43.6. The molecule has 0 aromatic carbocycles. The van der Waals surface area contributed by atoms with Gasteiger partial charge in [0.05, 0.1) is 26.4 Å². The van der Waals surface area contributed by atoms with Gasteiger partial charge in [-0.25, -0.2) is 9.13 Å². The van der Waals surface area contributed by atoms with Gasteiger partial charge in [0.2, 0.25) is 0 Å². The highest BCUT2D eigenvalue weighted by Gasteiger charge is 2.30. The zero-order valence-corrected chi connectivity index (χ0v) is 61.3. The molecule has 0 rings (SSSR count). The normalized spacial score (nSPS) is 14.2. The quantitative estimate of drug-likeness (QED) is 0.0222. The van der Waals surface area contributed by atoms with Gasteiger partial charge in [-0.3, -0.25) is 37.3 Å². The van der Waals surface area contributed by atoms with Crippen LogP contribution in [-0.2, 0) is 65.4 Å². The SMILES string of the molecule is CC(C)CCCCCCCCCCCCCCC(=O)OC[C@H](COP(=O)(O)OCC(O)COP(=O)(O)OC[C@@H](COC(=O)CCCCCCCCCC(C)C)OC(=O)CCCCCCCCCCCCC(C)C)OC(=O)CCCCCCCCCCCCC(C)C. The molecule has 17 nitrogen and oxygen atoms in total. The maximum Gasteiger partial charge on any atom is 0.472 e. The summed E-state index contributed by atoms with van der Waals surface area (Å²) in [4.78, 5) is 72.6. The largest absolute Gasteiger partial charge is 0.472 e. The lowest BCUT2D eigenvalue weighted by Gasteiger charge is -2.21. The Morgan fingerprint density at radius 1 is 0.275 bits per heavy atom. The van der Waals surface area contributed by atoms with E-state index in [0.717, 1.165) is 114 Å². The molecule has 0 amide bonds. The predicted molar refractivity (Wildman–Crippen MR) is 367 cm³/mol. The van der Waals surface area contributed by atoms with Gasteiger partial charge in [0.25, 0.3) is 0 Å². The summed E-state index contributed by atoms with van der Waals surface area (Å²) in [6.45, 7) is 14.1. The summed E-state index contributed by atoms with van der Waals surface area (Å²) < 4.78 is 68.4. The maximum absolute atomic E-state index is 13.0. The van der Waals surface area contributed by atoms with Crippen molar-refractivity contribution < 1.29 is 80.2 Å². The molecule has 0 aliphatic heterocycles. The van der Waals surface area contributed by atoms with Crippen molar-refractivity contribution in [3.8, 4) is 0 Å². The highest BCUT2D eigenvalue weighted by molar-refractivity contribution is 7.47. The van der Waals surface area contributed by atoms with Crippen LogP contribution in [0.5, 0.6) is 0 Å². The number of aliphatic hydroxyl groups excluding tert-OH is 1. The number of phosphoric acid groups is 2. The van der Waals surface area contributed by atoms with Crippen molar-refractivity contribution in [1.82, 2.24) is 0 Å². The third kappa shape index (κ3) is 66.5. The van der Waals surface area contributed by atoms with Crippen LogP contribution in [0, 0.1) is 23.7 Å². The van der Waals surface area contributed by atoms with E-state index >= 15 is 0 Å². The lowest BCUT2D eigenvalue weighted by molar-refractivity contribution is -0.161. The number of ether oxygens (including phenoxy) is 4. The molecular formula is C72H140O17P2. The fourth-order valence-electron chi connectivity index (χ4n) is 10.8. The second-order valence-corrected chi connectivity index (χ2v) is 30.8. The number of esters is 4. The van der Waals surface area contributed by atoms with E-state index < -0.39 is 97.5 Å². The van der Waals surface area contributed by atoms with Gasteiger partial charge < -0.3 is 33.8 Å². The molecule has 0 spiro atoms. The molecule has 0 aliphatic rings. The molecule has 3 unspecified atom stereocenters. The number of carbonyl (C=O) groups is 4. The molecule has 0 radical (unpaired) electrons. The van der Waals surface area contributed by atoms with Crippen molar-refractivity contribution in [2.24, 2.45) is 23.7 Å². The fraction of sp³-hybridized carbons (Fsp3) is 0.944. The number of hydrogen-bond acceptors (Lipinski definition) is 15. The van der Waals surface area contributed by atoms with Gasteiger partial charge in [-0.1, -0.05) is 306 Å². The van der Waals surface area contributed by atoms with Crippen molar-refractivity contribution in [3.63, 3.8) is 0 Å². The molecule has 91 heavy (non-hydrogen) atoms. The third-order valence-corrected chi connectivity index (χ3v) is 18.5. The molecule has 0 aliphatic carbocycles. The summed E-state index contributed by atoms with van der Waals surface area (Å²) in [6, 6.07) is 0. The van der Waals surface area contributed by atoms with Crippen LogP contribution in [0.4, 0.5) is 0 Å². The molecule has 0 saturated carbocycles. The fourth-order valence-corrected chi connectivity index (χ4v) is 12.4. The van der Waals surface area contributed by atoms with Crippen LogP contribution in [-0.4, -0.2) is 96.7 Å². The molecule has 0 aromatic heterocycles. The summed E-state index contributed by atoms with van der Waals surface area (Å²) >= 11 is 0. The van der Waals surface area contributed by atoms with Gasteiger partial charge in [-0.15, -0.1) is 0 Å². The van der Waals surface area contributed by atoms with Crippen molar-refractivity contribution in [2.75, 3.05) is 39.6 Å². The molecule has 0 heterocycles. The molecule has 5 atom stereocenters. The average Bonchev–Trinajstić information content (AvgIpc) is 3.71. The Balaban J connectivity index is 5.26. The summed E-state index contributed by atoms with van der Waals surface area (Å²) in [5.74, 6) is 0.864. The van der Waals surface area contributed by atoms with Crippen LogP contribution in [0.1, 0.15) is 357 Å². The molecule has 0 aromatic rings. The number of aliphatic hydroxyl groups is 1. The lowest BCUT2D eigenvalue weighted by atomic mass is 10.0. The third-order valence-electron chi connectivity index (χ3n) is 16.6. The monoisotopic (exact) mass is 1340 g/mol. The minimum atomic E-state index is -4.95. The number of carbonyl (C=O) groups excluding carboxylic acids is 4. The van der Waals surface area contributed by atoms with Crippen LogP contribution in [0.15, 0.2) is 0 Å². The highest BCUT2D eigenvalue weighted by Crippen LogP contribution is 2.45. The van der Waals surface area contributed by atoms with Gasteiger partial charge in [0.15, 0.2) is 12.2 Å². The summed E-state index contributed by atoms with van der Waals surface area (Å²) in [5, 5.41) is 10.6. The Morgan fingerprint density at radius 2 is 0.462 bits per heavy atom. The van der Waals surface area contributed by atoms with E-state index in [0.29, 0.717) is 31.6 Å². The Labute approximate surface area is 556 Å². The van der Waals surface area contributed by atoms with Gasteiger partial charge >= 0.3 is 39.5 Å². The molecule has 0 saturated heterocycles. The van der Waals surface area contributed by atoms with E-state index in [1.54, 1.807) is 0 Å². The number of phosphoric ester groups is 2. The van der Waals surface area contributed by atoms with Crippen molar-refractivity contribution >= 4 is 39.5 Å². The predicted octanol–water partition coefficient (Wildman–Crippen LogP) is 20.5. The maximum atomic E-state index is 13.0. The van der Waals surface area contributed by atoms with E-state index in [9.17, 15) is 43.2 Å². The summed E-state index contributed by atoms with van der Waals surface area (Å²) in [5.41, 5.74) is 0. The minimum absolute atomic E-state index is 0.105. The van der Waals surface area contributed by atoms with E-state index in [4.69, 9.17) is 37.0 Å². The first kappa shape index (κ1) is 89.1. The van der Waals surface area contributed by atoms with Crippen LogP contribution >= 0.6 is 15.6 Å². The number of rotatable bonds is 69. The summed E-state index contributed by atoms with van der Waals surface area (Å²) in [6.07, 6.45) is 44.5. The molecule has 3 N–H and O–H groups in total. The van der Waals surface area contributed by atoms with Crippen molar-refractivity contribution in [1.29, 1.82) is 0 Å². The smallest absolute Gasteiger partial charge is 0.462 e. The Kier molecular flexibility index (Phi) is 60.3. The lowest BCUT2D eigenvalue weighted by Crippen LogP contribution is -2.30. The molecule has 0 fully saturated rings.